The second kappa shape index (κ2) is 5.37. The third kappa shape index (κ3) is 3.15. The van der Waals surface area contributed by atoms with E-state index in [0.29, 0.717) is 10.4 Å². The molecule has 0 saturated carbocycles. The molecule has 0 amide bonds. The summed E-state index contributed by atoms with van der Waals surface area (Å²) in [7, 11) is 0. The van der Waals surface area contributed by atoms with E-state index in [1.54, 1.807) is 0 Å². The van der Waals surface area contributed by atoms with Crippen LogP contribution in [0.5, 0.6) is 0 Å². The van der Waals surface area contributed by atoms with Gasteiger partial charge < -0.3 is 4.42 Å². The van der Waals surface area contributed by atoms with Gasteiger partial charge in [-0.2, -0.15) is 0 Å². The Hall–Kier alpha value is -1.07. The Morgan fingerprint density at radius 2 is 1.70 bits per heavy atom. The van der Waals surface area contributed by atoms with Crippen molar-refractivity contribution in [2.45, 2.75) is 57.2 Å². The normalized spacial score (nSPS) is 11.9. The molecule has 4 nitrogen and oxygen atoms in total. The van der Waals surface area contributed by atoms with Crippen molar-refractivity contribution in [1.29, 1.82) is 0 Å². The quantitative estimate of drug-likeness (QED) is 0.765. The Morgan fingerprint density at radius 1 is 1.05 bits per heavy atom. The molecule has 0 fully saturated rings. The fourth-order valence-corrected chi connectivity index (χ4v) is 2.60. The Kier molecular flexibility index (Phi) is 4.12. The van der Waals surface area contributed by atoms with Crippen molar-refractivity contribution in [1.82, 2.24) is 15.0 Å². The highest BCUT2D eigenvalue weighted by atomic mass is 35.5. The van der Waals surface area contributed by atoms with Gasteiger partial charge in [-0.05, 0) is 32.5 Å². The van der Waals surface area contributed by atoms with Gasteiger partial charge >= 0.3 is 0 Å². The lowest BCUT2D eigenvalue weighted by Gasteiger charge is -2.18. The number of hydrogen-bond donors (Lipinski definition) is 0. The second-order valence-corrected chi connectivity index (χ2v) is 7.04. The van der Waals surface area contributed by atoms with Crippen LogP contribution < -0.4 is 0 Å². The summed E-state index contributed by atoms with van der Waals surface area (Å²) in [4.78, 5) is 13.3. The van der Waals surface area contributed by atoms with E-state index in [1.165, 1.54) is 11.8 Å². The number of rotatable bonds is 2. The number of nitrogens with zero attached hydrogens (tertiary/aromatic N) is 3. The molecule has 0 aliphatic rings. The first-order valence-corrected chi connectivity index (χ1v) is 7.54. The van der Waals surface area contributed by atoms with Crippen LogP contribution in [0.15, 0.2) is 14.7 Å². The molecule has 0 N–H and O–H groups in total. The van der Waals surface area contributed by atoms with E-state index in [2.05, 4.69) is 35.7 Å². The number of hydrogen-bond acceptors (Lipinski definition) is 5. The van der Waals surface area contributed by atoms with E-state index < -0.39 is 0 Å². The maximum Gasteiger partial charge on any atom is 0.262 e. The number of aromatic nitrogens is 3. The second-order valence-electron chi connectivity index (χ2n) is 5.74. The van der Waals surface area contributed by atoms with Gasteiger partial charge in [-0.25, -0.2) is 15.0 Å². The topological polar surface area (TPSA) is 51.8 Å². The van der Waals surface area contributed by atoms with Crippen molar-refractivity contribution in [3.8, 4) is 0 Å². The summed E-state index contributed by atoms with van der Waals surface area (Å²) in [5, 5.41) is 1.85. The molecule has 2 aromatic heterocycles. The highest BCUT2D eigenvalue weighted by Gasteiger charge is 2.22. The van der Waals surface area contributed by atoms with E-state index >= 15 is 0 Å². The molecule has 0 aliphatic carbocycles. The minimum absolute atomic E-state index is 0.158. The Balaban J connectivity index is 2.43. The van der Waals surface area contributed by atoms with Crippen LogP contribution in [0.1, 0.15) is 43.6 Å². The molecule has 2 aromatic rings. The zero-order chi connectivity index (χ0) is 15.1. The molecule has 0 bridgehead atoms. The van der Waals surface area contributed by atoms with Gasteiger partial charge in [0, 0.05) is 11.0 Å². The molecule has 108 valence electrons. The van der Waals surface area contributed by atoms with Crippen LogP contribution in [-0.4, -0.2) is 15.0 Å². The first-order valence-electron chi connectivity index (χ1n) is 6.35. The predicted octanol–water partition coefficient (Wildman–Crippen LogP) is 4.49. The fourth-order valence-electron chi connectivity index (χ4n) is 1.47. The highest BCUT2D eigenvalue weighted by molar-refractivity contribution is 7.99. The molecule has 2 rings (SSSR count). The van der Waals surface area contributed by atoms with Crippen LogP contribution >= 0.6 is 23.4 Å². The Labute approximate surface area is 128 Å². The molecule has 0 radical (unpaired) electrons. The molecular formula is C14H18ClN3OS. The molecule has 2 heterocycles. The van der Waals surface area contributed by atoms with Gasteiger partial charge in [0.1, 0.15) is 21.8 Å². The van der Waals surface area contributed by atoms with E-state index in [1.807, 2.05) is 20.8 Å². The van der Waals surface area contributed by atoms with Crippen LogP contribution in [-0.2, 0) is 5.41 Å². The summed E-state index contributed by atoms with van der Waals surface area (Å²) in [6.07, 6.45) is 0. The molecule has 0 unspecified atom stereocenters. The average molecular weight is 312 g/mol. The third-order valence-electron chi connectivity index (χ3n) is 2.91. The summed E-state index contributed by atoms with van der Waals surface area (Å²) >= 11 is 7.59. The lowest BCUT2D eigenvalue weighted by molar-refractivity contribution is 0.430. The molecular weight excluding hydrogens is 294 g/mol. The Morgan fingerprint density at radius 3 is 2.20 bits per heavy atom. The predicted molar refractivity (Wildman–Crippen MR) is 80.6 cm³/mol. The van der Waals surface area contributed by atoms with Crippen molar-refractivity contribution < 1.29 is 4.42 Å². The number of halogens is 1. The highest BCUT2D eigenvalue weighted by Crippen LogP contribution is 2.33. The van der Waals surface area contributed by atoms with Crippen LogP contribution in [0.4, 0.5) is 0 Å². The van der Waals surface area contributed by atoms with Crippen molar-refractivity contribution in [2.75, 3.05) is 0 Å². The minimum Gasteiger partial charge on any atom is -0.436 e. The zero-order valence-corrected chi connectivity index (χ0v) is 14.1. The van der Waals surface area contributed by atoms with Gasteiger partial charge in [0.25, 0.3) is 5.22 Å². The SMILES string of the molecule is Cc1nc(Sc2nc(C(C)(C)C)nc(Cl)c2C)oc1C. The number of oxazole rings is 1. The largest absolute Gasteiger partial charge is 0.436 e. The first kappa shape index (κ1) is 15.3. The van der Waals surface area contributed by atoms with Crippen molar-refractivity contribution in [3.05, 3.63) is 28.0 Å². The van der Waals surface area contributed by atoms with Crippen LogP contribution in [0.25, 0.3) is 0 Å². The summed E-state index contributed by atoms with van der Waals surface area (Å²) in [6.45, 7) is 11.9. The third-order valence-corrected chi connectivity index (χ3v) is 4.21. The number of aryl methyl sites for hydroxylation is 2. The van der Waals surface area contributed by atoms with Crippen LogP contribution in [0.3, 0.4) is 0 Å². The standard InChI is InChI=1S/C14H18ClN3OS/c1-7-10(15)17-12(14(4,5)6)18-11(7)20-13-16-8(2)9(3)19-13/h1-6H3. The molecule has 0 atom stereocenters. The maximum atomic E-state index is 6.21. The summed E-state index contributed by atoms with van der Waals surface area (Å²) in [5.74, 6) is 1.54. The van der Waals surface area contributed by atoms with Gasteiger partial charge in [-0.3, -0.25) is 0 Å². The van der Waals surface area contributed by atoms with Gasteiger partial charge in [0.15, 0.2) is 0 Å². The summed E-state index contributed by atoms with van der Waals surface area (Å²) < 4.78 is 5.59. The molecule has 0 aromatic carbocycles. The van der Waals surface area contributed by atoms with Crippen molar-refractivity contribution >= 4 is 23.4 Å². The molecule has 0 saturated heterocycles. The van der Waals surface area contributed by atoms with Gasteiger partial charge in [-0.1, -0.05) is 32.4 Å². The van der Waals surface area contributed by atoms with Crippen molar-refractivity contribution in [2.24, 2.45) is 0 Å². The first-order chi connectivity index (χ1) is 9.18. The molecule has 20 heavy (non-hydrogen) atoms. The van der Waals surface area contributed by atoms with Crippen molar-refractivity contribution in [3.63, 3.8) is 0 Å². The van der Waals surface area contributed by atoms with Crippen LogP contribution in [0, 0.1) is 20.8 Å². The van der Waals surface area contributed by atoms with E-state index in [0.717, 1.165) is 27.9 Å². The van der Waals surface area contributed by atoms with Gasteiger partial charge in [-0.15, -0.1) is 0 Å². The lowest BCUT2D eigenvalue weighted by Crippen LogP contribution is -2.17. The average Bonchev–Trinajstić information content (AvgIpc) is 2.62. The van der Waals surface area contributed by atoms with E-state index in [-0.39, 0.29) is 5.41 Å². The van der Waals surface area contributed by atoms with E-state index in [9.17, 15) is 0 Å². The maximum absolute atomic E-state index is 6.21. The minimum atomic E-state index is -0.158. The van der Waals surface area contributed by atoms with Gasteiger partial charge in [0.05, 0.1) is 5.69 Å². The lowest BCUT2D eigenvalue weighted by atomic mass is 9.96. The summed E-state index contributed by atoms with van der Waals surface area (Å²) in [5.41, 5.74) is 1.58. The smallest absolute Gasteiger partial charge is 0.262 e. The molecule has 6 heteroatoms. The van der Waals surface area contributed by atoms with Crippen LogP contribution in [0.2, 0.25) is 5.15 Å². The fraction of sp³-hybridized carbons (Fsp3) is 0.500. The molecule has 0 aliphatic heterocycles. The molecule has 0 spiro atoms. The summed E-state index contributed by atoms with van der Waals surface area (Å²) in [6, 6.07) is 0. The van der Waals surface area contributed by atoms with Gasteiger partial charge in [0.2, 0.25) is 0 Å². The van der Waals surface area contributed by atoms with E-state index in [4.69, 9.17) is 16.0 Å². The monoisotopic (exact) mass is 311 g/mol. The Bertz CT molecular complexity index is 627. The zero-order valence-electron chi connectivity index (χ0n) is 12.5.